The van der Waals surface area contributed by atoms with Gasteiger partial charge in [0.2, 0.25) is 0 Å². The third-order valence-corrected chi connectivity index (χ3v) is 2.22. The number of hydroxylamine groups is 1. The highest BCUT2D eigenvalue weighted by molar-refractivity contribution is 5.05. The van der Waals surface area contributed by atoms with E-state index in [0.29, 0.717) is 6.54 Å². The Bertz CT molecular complexity index is 246. The molecule has 1 aromatic heterocycles. The number of aromatic nitrogens is 2. The fraction of sp³-hybridized carbons (Fsp3) is 0.625. The van der Waals surface area contributed by atoms with E-state index in [2.05, 4.69) is 15.0 Å². The first kappa shape index (κ1) is 7.76. The number of imidazole rings is 1. The smallest absolute Gasteiger partial charge is 0.109 e. The number of nitrogens with one attached hydrogen (secondary N) is 1. The molecule has 0 fully saturated rings. The molecule has 0 radical (unpaired) electrons. The van der Waals surface area contributed by atoms with Gasteiger partial charge in [-0.05, 0) is 12.8 Å². The molecule has 12 heavy (non-hydrogen) atoms. The number of hydrogen-bond acceptors (Lipinski definition) is 3. The van der Waals surface area contributed by atoms with Crippen LogP contribution in [0.25, 0.3) is 0 Å². The molecule has 2 N–H and O–H groups in total. The average Bonchev–Trinajstić information content (AvgIpc) is 2.47. The lowest BCUT2D eigenvalue weighted by atomic mass is 10.2. The molecule has 1 aromatic rings. The molecule has 4 heteroatoms. The van der Waals surface area contributed by atoms with Gasteiger partial charge in [0.25, 0.3) is 0 Å². The van der Waals surface area contributed by atoms with Crippen molar-refractivity contribution in [2.45, 2.75) is 32.4 Å². The summed E-state index contributed by atoms with van der Waals surface area (Å²) in [6.07, 6.45) is 5.57. The minimum atomic E-state index is 0.444. The van der Waals surface area contributed by atoms with Crippen molar-refractivity contribution in [3.8, 4) is 0 Å². The zero-order chi connectivity index (χ0) is 8.39. The van der Waals surface area contributed by atoms with Crippen molar-refractivity contribution in [2.75, 3.05) is 0 Å². The van der Waals surface area contributed by atoms with Gasteiger partial charge in [0, 0.05) is 19.2 Å². The molecular formula is C8H13N3O. The van der Waals surface area contributed by atoms with Gasteiger partial charge in [0.15, 0.2) is 0 Å². The molecule has 4 nitrogen and oxygen atoms in total. The normalized spacial score (nSPS) is 16.1. The van der Waals surface area contributed by atoms with E-state index in [-0.39, 0.29) is 0 Å². The van der Waals surface area contributed by atoms with Crippen molar-refractivity contribution < 1.29 is 5.21 Å². The van der Waals surface area contributed by atoms with Crippen molar-refractivity contribution >= 4 is 0 Å². The molecule has 0 spiro atoms. The highest BCUT2D eigenvalue weighted by Gasteiger charge is 2.11. The first-order valence-corrected chi connectivity index (χ1v) is 4.32. The molecule has 66 valence electrons. The predicted octanol–water partition coefficient (Wildman–Crippen LogP) is 0.698. The Kier molecular flexibility index (Phi) is 2.10. The lowest BCUT2D eigenvalue weighted by molar-refractivity contribution is 0.160. The number of fused-ring (bicyclic) bond motifs is 1. The fourth-order valence-corrected chi connectivity index (χ4v) is 1.64. The van der Waals surface area contributed by atoms with Crippen molar-refractivity contribution in [3.05, 3.63) is 17.7 Å². The highest BCUT2D eigenvalue weighted by atomic mass is 16.5. The standard InChI is InChI=1S/C8H13N3O/c12-9-5-7-6-11-4-2-1-3-8(11)10-7/h6,9,12H,1-5H2. The summed E-state index contributed by atoms with van der Waals surface area (Å²) in [4.78, 5) is 4.38. The Labute approximate surface area is 71.2 Å². The van der Waals surface area contributed by atoms with Crippen LogP contribution >= 0.6 is 0 Å². The monoisotopic (exact) mass is 167 g/mol. The average molecular weight is 167 g/mol. The van der Waals surface area contributed by atoms with Gasteiger partial charge in [-0.1, -0.05) is 0 Å². The van der Waals surface area contributed by atoms with E-state index in [4.69, 9.17) is 5.21 Å². The summed E-state index contributed by atoms with van der Waals surface area (Å²) in [6, 6.07) is 0. The van der Waals surface area contributed by atoms with Gasteiger partial charge in [-0.15, -0.1) is 0 Å². The first-order valence-electron chi connectivity index (χ1n) is 4.32. The van der Waals surface area contributed by atoms with E-state index in [1.807, 2.05) is 6.20 Å². The maximum absolute atomic E-state index is 8.48. The first-order chi connectivity index (χ1) is 5.90. The molecule has 0 bridgehead atoms. The van der Waals surface area contributed by atoms with Gasteiger partial charge in [0.05, 0.1) is 12.2 Å². The summed E-state index contributed by atoms with van der Waals surface area (Å²) in [5, 5.41) is 8.48. The number of aryl methyl sites for hydroxylation is 2. The topological polar surface area (TPSA) is 50.1 Å². The minimum Gasteiger partial charge on any atom is -0.335 e. The van der Waals surface area contributed by atoms with Gasteiger partial charge in [-0.3, -0.25) is 0 Å². The maximum atomic E-state index is 8.48. The van der Waals surface area contributed by atoms with Gasteiger partial charge < -0.3 is 9.77 Å². The second-order valence-corrected chi connectivity index (χ2v) is 3.13. The van der Waals surface area contributed by atoms with Crippen molar-refractivity contribution in [1.29, 1.82) is 0 Å². The molecule has 0 saturated heterocycles. The van der Waals surface area contributed by atoms with Crippen LogP contribution in [0.5, 0.6) is 0 Å². The van der Waals surface area contributed by atoms with Crippen molar-refractivity contribution in [3.63, 3.8) is 0 Å². The predicted molar refractivity (Wildman–Crippen MR) is 43.8 cm³/mol. The molecule has 0 atom stereocenters. The Morgan fingerprint density at radius 3 is 3.25 bits per heavy atom. The molecule has 0 unspecified atom stereocenters. The summed E-state index contributed by atoms with van der Waals surface area (Å²) < 4.78 is 2.18. The number of rotatable bonds is 2. The summed E-state index contributed by atoms with van der Waals surface area (Å²) in [6.45, 7) is 1.52. The van der Waals surface area contributed by atoms with E-state index in [9.17, 15) is 0 Å². The van der Waals surface area contributed by atoms with Gasteiger partial charge in [-0.25, -0.2) is 4.98 Å². The second kappa shape index (κ2) is 3.25. The van der Waals surface area contributed by atoms with Crippen LogP contribution in [0.3, 0.4) is 0 Å². The van der Waals surface area contributed by atoms with Crippen molar-refractivity contribution in [2.24, 2.45) is 0 Å². The van der Waals surface area contributed by atoms with Crippen LogP contribution in [-0.2, 0) is 19.5 Å². The molecule has 2 heterocycles. The molecule has 0 aliphatic carbocycles. The Balaban J connectivity index is 2.20. The van der Waals surface area contributed by atoms with E-state index in [1.54, 1.807) is 0 Å². The third-order valence-electron chi connectivity index (χ3n) is 2.22. The summed E-state index contributed by atoms with van der Waals surface area (Å²) in [5.41, 5.74) is 3.04. The van der Waals surface area contributed by atoms with Crippen LogP contribution < -0.4 is 5.48 Å². The Morgan fingerprint density at radius 1 is 1.58 bits per heavy atom. The van der Waals surface area contributed by atoms with Gasteiger partial charge >= 0.3 is 0 Å². The van der Waals surface area contributed by atoms with E-state index in [1.165, 1.54) is 12.8 Å². The molecule has 1 aliphatic heterocycles. The number of hydrogen-bond donors (Lipinski definition) is 2. The zero-order valence-corrected chi connectivity index (χ0v) is 6.95. The molecule has 0 amide bonds. The van der Waals surface area contributed by atoms with Crippen LogP contribution in [0.2, 0.25) is 0 Å². The van der Waals surface area contributed by atoms with E-state index < -0.39 is 0 Å². The lowest BCUT2D eigenvalue weighted by Crippen LogP contribution is -2.08. The maximum Gasteiger partial charge on any atom is 0.109 e. The van der Waals surface area contributed by atoms with Gasteiger partial charge in [0.1, 0.15) is 5.82 Å². The largest absolute Gasteiger partial charge is 0.335 e. The van der Waals surface area contributed by atoms with Crippen LogP contribution in [0, 0.1) is 0 Å². The minimum absolute atomic E-state index is 0.444. The van der Waals surface area contributed by atoms with Crippen LogP contribution in [0.1, 0.15) is 24.4 Å². The fourth-order valence-electron chi connectivity index (χ4n) is 1.64. The van der Waals surface area contributed by atoms with E-state index in [0.717, 1.165) is 24.5 Å². The van der Waals surface area contributed by atoms with Crippen LogP contribution in [0.15, 0.2) is 6.20 Å². The molecule has 1 aliphatic rings. The lowest BCUT2D eigenvalue weighted by Gasteiger charge is -2.11. The SMILES string of the molecule is ONCc1cn2c(n1)CCCC2. The molecule has 2 rings (SSSR count). The van der Waals surface area contributed by atoms with Crippen LogP contribution in [-0.4, -0.2) is 14.8 Å². The molecular weight excluding hydrogens is 154 g/mol. The molecule has 0 aromatic carbocycles. The molecule has 0 saturated carbocycles. The highest BCUT2D eigenvalue weighted by Crippen LogP contribution is 2.14. The zero-order valence-electron chi connectivity index (χ0n) is 6.95. The summed E-state index contributed by atoms with van der Waals surface area (Å²) in [5.74, 6) is 1.16. The quantitative estimate of drug-likeness (QED) is 0.637. The number of nitrogens with zero attached hydrogens (tertiary/aromatic N) is 2. The summed E-state index contributed by atoms with van der Waals surface area (Å²) in [7, 11) is 0. The van der Waals surface area contributed by atoms with Gasteiger partial charge in [-0.2, -0.15) is 5.48 Å². The van der Waals surface area contributed by atoms with E-state index >= 15 is 0 Å². The second-order valence-electron chi connectivity index (χ2n) is 3.13. The third kappa shape index (κ3) is 1.35. The Morgan fingerprint density at radius 2 is 2.50 bits per heavy atom. The van der Waals surface area contributed by atoms with Crippen LogP contribution in [0.4, 0.5) is 0 Å². The van der Waals surface area contributed by atoms with Crippen molar-refractivity contribution in [1.82, 2.24) is 15.0 Å². The summed E-state index contributed by atoms with van der Waals surface area (Å²) >= 11 is 0. The Hall–Kier alpha value is -0.870.